The number of rotatable bonds is 2. The van der Waals surface area contributed by atoms with E-state index in [1.807, 2.05) is 0 Å². The fraction of sp³-hybridized carbons (Fsp3) is 1.00. The first kappa shape index (κ1) is 12.3. The van der Waals surface area contributed by atoms with Gasteiger partial charge in [-0.2, -0.15) is 0 Å². The van der Waals surface area contributed by atoms with Gasteiger partial charge in [0.1, 0.15) is 0 Å². The second-order valence-electron chi connectivity index (χ2n) is 6.00. The Bertz CT molecular complexity index is 257. The van der Waals surface area contributed by atoms with Crippen LogP contribution in [-0.4, -0.2) is 53.5 Å². The summed E-state index contributed by atoms with van der Waals surface area (Å²) in [6.07, 6.45) is 2.96. The van der Waals surface area contributed by atoms with Gasteiger partial charge in [0.2, 0.25) is 0 Å². The Morgan fingerprint density at radius 1 is 1.50 bits per heavy atom. The molecule has 3 N–H and O–H groups in total. The van der Waals surface area contributed by atoms with Crippen molar-refractivity contribution < 1.29 is 9.84 Å². The number of aliphatic hydroxyl groups is 1. The molecule has 0 aromatic heterocycles. The van der Waals surface area contributed by atoms with Gasteiger partial charge < -0.3 is 15.6 Å². The molecule has 2 unspecified atom stereocenters. The summed E-state index contributed by atoms with van der Waals surface area (Å²) in [6.45, 7) is 7.15. The van der Waals surface area contributed by atoms with E-state index in [0.717, 1.165) is 39.0 Å². The van der Waals surface area contributed by atoms with E-state index in [4.69, 9.17) is 10.5 Å². The normalized spacial score (nSPS) is 40.1. The smallest absolute Gasteiger partial charge is 0.0753 e. The number of aliphatic hydroxyl groups excluding tert-OH is 1. The zero-order valence-corrected chi connectivity index (χ0v) is 10.4. The summed E-state index contributed by atoms with van der Waals surface area (Å²) in [5.41, 5.74) is 5.73. The highest BCUT2D eigenvalue weighted by Crippen LogP contribution is 2.32. The van der Waals surface area contributed by atoms with Gasteiger partial charge in [0.05, 0.1) is 18.8 Å². The van der Waals surface area contributed by atoms with E-state index in [2.05, 4.69) is 18.7 Å². The molecule has 4 heteroatoms. The summed E-state index contributed by atoms with van der Waals surface area (Å²) in [5, 5.41) is 9.28. The lowest BCUT2D eigenvalue weighted by Crippen LogP contribution is -2.52. The van der Waals surface area contributed by atoms with Crippen LogP contribution >= 0.6 is 0 Å². The molecule has 0 spiro atoms. The van der Waals surface area contributed by atoms with Gasteiger partial charge >= 0.3 is 0 Å². The van der Waals surface area contributed by atoms with Crippen LogP contribution in [0.3, 0.4) is 0 Å². The standard InChI is InChI=1S/C12H24N2O2/c1-11(2)8-14(5-6-16-11)10-3-4-12(13,7-10)9-15/h10,15H,3-9,13H2,1-2H3. The first-order chi connectivity index (χ1) is 7.44. The minimum absolute atomic E-state index is 0.0443. The maximum absolute atomic E-state index is 9.28. The predicted octanol–water partition coefficient (Wildman–Crippen LogP) is 0.340. The molecule has 94 valence electrons. The van der Waals surface area contributed by atoms with E-state index in [1.165, 1.54) is 0 Å². The van der Waals surface area contributed by atoms with Crippen molar-refractivity contribution in [1.82, 2.24) is 4.90 Å². The largest absolute Gasteiger partial charge is 0.394 e. The molecule has 0 aromatic carbocycles. The van der Waals surface area contributed by atoms with Crippen molar-refractivity contribution in [2.24, 2.45) is 5.73 Å². The van der Waals surface area contributed by atoms with Gasteiger partial charge in [-0.15, -0.1) is 0 Å². The number of nitrogens with zero attached hydrogens (tertiary/aromatic N) is 1. The van der Waals surface area contributed by atoms with Crippen molar-refractivity contribution in [2.45, 2.75) is 50.3 Å². The van der Waals surface area contributed by atoms with Crippen LogP contribution in [0.25, 0.3) is 0 Å². The molecular formula is C12H24N2O2. The zero-order valence-electron chi connectivity index (χ0n) is 10.4. The van der Waals surface area contributed by atoms with Gasteiger partial charge in [0, 0.05) is 24.7 Å². The summed E-state index contributed by atoms with van der Waals surface area (Å²) in [5.74, 6) is 0. The van der Waals surface area contributed by atoms with Crippen LogP contribution in [0.1, 0.15) is 33.1 Å². The number of ether oxygens (including phenoxy) is 1. The fourth-order valence-electron chi connectivity index (χ4n) is 2.95. The number of nitrogens with two attached hydrogens (primary N) is 1. The molecule has 2 aliphatic rings. The Balaban J connectivity index is 1.94. The Labute approximate surface area is 97.7 Å². The predicted molar refractivity (Wildman–Crippen MR) is 63.2 cm³/mol. The number of hydrogen-bond acceptors (Lipinski definition) is 4. The third kappa shape index (κ3) is 2.56. The summed E-state index contributed by atoms with van der Waals surface area (Å²) in [4.78, 5) is 2.48. The van der Waals surface area contributed by atoms with E-state index in [9.17, 15) is 5.11 Å². The van der Waals surface area contributed by atoms with Gasteiger partial charge in [0.25, 0.3) is 0 Å². The molecule has 0 bridgehead atoms. The lowest BCUT2D eigenvalue weighted by atomic mass is 9.99. The van der Waals surface area contributed by atoms with Crippen molar-refractivity contribution in [1.29, 1.82) is 0 Å². The lowest BCUT2D eigenvalue weighted by molar-refractivity contribution is -0.0969. The highest BCUT2D eigenvalue weighted by molar-refractivity contribution is 4.98. The molecule has 2 rings (SSSR count). The Hall–Kier alpha value is -0.160. The molecule has 4 nitrogen and oxygen atoms in total. The molecule has 0 amide bonds. The van der Waals surface area contributed by atoms with E-state index in [0.29, 0.717) is 6.04 Å². The van der Waals surface area contributed by atoms with Gasteiger partial charge in [-0.1, -0.05) is 0 Å². The maximum Gasteiger partial charge on any atom is 0.0753 e. The van der Waals surface area contributed by atoms with Gasteiger partial charge in [-0.25, -0.2) is 0 Å². The van der Waals surface area contributed by atoms with E-state index in [-0.39, 0.29) is 17.7 Å². The summed E-state index contributed by atoms with van der Waals surface area (Å²) < 4.78 is 5.71. The van der Waals surface area contributed by atoms with Crippen molar-refractivity contribution in [2.75, 3.05) is 26.3 Å². The minimum Gasteiger partial charge on any atom is -0.394 e. The summed E-state index contributed by atoms with van der Waals surface area (Å²) in [7, 11) is 0. The van der Waals surface area contributed by atoms with E-state index < -0.39 is 0 Å². The van der Waals surface area contributed by atoms with Crippen molar-refractivity contribution >= 4 is 0 Å². The van der Waals surface area contributed by atoms with Gasteiger partial charge in [-0.3, -0.25) is 4.90 Å². The highest BCUT2D eigenvalue weighted by Gasteiger charge is 2.40. The van der Waals surface area contributed by atoms with Crippen LogP contribution in [0.2, 0.25) is 0 Å². The Morgan fingerprint density at radius 2 is 2.25 bits per heavy atom. The molecule has 2 fully saturated rings. The van der Waals surface area contributed by atoms with Crippen molar-refractivity contribution in [3.05, 3.63) is 0 Å². The average molecular weight is 228 g/mol. The Morgan fingerprint density at radius 3 is 2.81 bits per heavy atom. The van der Waals surface area contributed by atoms with E-state index >= 15 is 0 Å². The van der Waals surface area contributed by atoms with Crippen molar-refractivity contribution in [3.8, 4) is 0 Å². The molecule has 0 aromatic rings. The molecule has 1 heterocycles. The molecule has 1 saturated carbocycles. The lowest BCUT2D eigenvalue weighted by Gasteiger charge is -2.41. The average Bonchev–Trinajstić information content (AvgIpc) is 2.61. The van der Waals surface area contributed by atoms with Crippen LogP contribution in [0.4, 0.5) is 0 Å². The monoisotopic (exact) mass is 228 g/mol. The first-order valence-electron chi connectivity index (χ1n) is 6.22. The van der Waals surface area contributed by atoms with Crippen LogP contribution < -0.4 is 5.73 Å². The topological polar surface area (TPSA) is 58.7 Å². The third-order valence-electron chi connectivity index (χ3n) is 3.90. The quantitative estimate of drug-likeness (QED) is 0.715. The molecule has 1 aliphatic heterocycles. The fourth-order valence-corrected chi connectivity index (χ4v) is 2.95. The molecule has 0 radical (unpaired) electrons. The third-order valence-corrected chi connectivity index (χ3v) is 3.90. The second kappa shape index (κ2) is 4.26. The molecule has 1 saturated heterocycles. The van der Waals surface area contributed by atoms with Crippen molar-refractivity contribution in [3.63, 3.8) is 0 Å². The van der Waals surface area contributed by atoms with Crippen LogP contribution in [0, 0.1) is 0 Å². The number of hydrogen-bond donors (Lipinski definition) is 2. The molecule has 1 aliphatic carbocycles. The minimum atomic E-state index is -0.340. The summed E-state index contributed by atoms with van der Waals surface area (Å²) >= 11 is 0. The summed E-state index contributed by atoms with van der Waals surface area (Å²) in [6, 6.07) is 0.528. The molecule has 2 atom stereocenters. The van der Waals surface area contributed by atoms with Crippen LogP contribution in [0.5, 0.6) is 0 Å². The SMILES string of the molecule is CC1(C)CN(C2CCC(N)(CO)C2)CCO1. The van der Waals surface area contributed by atoms with Crippen LogP contribution in [0.15, 0.2) is 0 Å². The van der Waals surface area contributed by atoms with E-state index in [1.54, 1.807) is 0 Å². The Kier molecular flexibility index (Phi) is 3.27. The van der Waals surface area contributed by atoms with Crippen LogP contribution in [-0.2, 0) is 4.74 Å². The highest BCUT2D eigenvalue weighted by atomic mass is 16.5. The second-order valence-corrected chi connectivity index (χ2v) is 6.00. The molecule has 16 heavy (non-hydrogen) atoms. The first-order valence-corrected chi connectivity index (χ1v) is 6.22. The number of morpholine rings is 1. The maximum atomic E-state index is 9.28. The molecular weight excluding hydrogens is 204 g/mol. The van der Waals surface area contributed by atoms with Gasteiger partial charge in [-0.05, 0) is 33.1 Å². The van der Waals surface area contributed by atoms with Gasteiger partial charge in [0.15, 0.2) is 0 Å². The zero-order chi connectivity index (χ0) is 11.8.